The average Bonchev–Trinajstić information content (AvgIpc) is 3.00. The second kappa shape index (κ2) is 8.55. The number of Topliss-reactive ketones (excluding diaryl/α,β-unsaturated/α-hetero) is 1. The fraction of sp³-hybridized carbons (Fsp3) is 0.741. The van der Waals surface area contributed by atoms with Gasteiger partial charge in [0, 0.05) is 29.1 Å². The van der Waals surface area contributed by atoms with Crippen LogP contribution in [0.1, 0.15) is 72.6 Å². The molecular weight excluding hydrogens is 459 g/mol. The normalized spacial score (nSPS) is 45.1. The molecule has 4 aliphatic carbocycles. The summed E-state index contributed by atoms with van der Waals surface area (Å²) in [6.07, 6.45) is 6.26. The molecule has 4 rings (SSSR count). The van der Waals surface area contributed by atoms with Crippen LogP contribution in [0.5, 0.6) is 0 Å². The summed E-state index contributed by atoms with van der Waals surface area (Å²) in [6.45, 7) is 7.48. The molecule has 0 aliphatic heterocycles. The molecule has 0 unspecified atom stereocenters. The van der Waals surface area contributed by atoms with Gasteiger partial charge < -0.3 is 9.84 Å². The first-order valence-corrected chi connectivity index (χ1v) is 13.1. The zero-order valence-corrected chi connectivity index (χ0v) is 21.3. The molecular formula is C27H36ClFO5. The Hall–Kier alpha value is -1.53. The van der Waals surface area contributed by atoms with Crippen molar-refractivity contribution < 1.29 is 28.6 Å². The van der Waals surface area contributed by atoms with Crippen molar-refractivity contribution in [2.24, 2.45) is 28.6 Å². The van der Waals surface area contributed by atoms with E-state index in [1.54, 1.807) is 13.0 Å². The average molecular weight is 495 g/mol. The maximum absolute atomic E-state index is 17.3. The number of aliphatic hydroxyl groups excluding tert-OH is 1. The summed E-state index contributed by atoms with van der Waals surface area (Å²) < 4.78 is 23.4. The van der Waals surface area contributed by atoms with E-state index in [9.17, 15) is 19.5 Å². The molecule has 0 aromatic rings. The Balaban J connectivity index is 1.80. The third kappa shape index (κ3) is 3.16. The van der Waals surface area contributed by atoms with Crippen LogP contribution >= 0.6 is 11.6 Å². The molecule has 0 radical (unpaired) electrons. The molecule has 5 nitrogen and oxygen atoms in total. The predicted octanol–water partition coefficient (Wildman–Crippen LogP) is 4.88. The molecule has 0 heterocycles. The molecule has 4 aliphatic rings. The zero-order chi connectivity index (χ0) is 25.1. The summed E-state index contributed by atoms with van der Waals surface area (Å²) in [5.41, 5.74) is -4.84. The van der Waals surface area contributed by atoms with Crippen molar-refractivity contribution in [2.45, 2.75) is 90.0 Å². The number of rotatable bonds is 6. The van der Waals surface area contributed by atoms with Gasteiger partial charge in [0.1, 0.15) is 0 Å². The van der Waals surface area contributed by atoms with E-state index in [1.807, 2.05) is 20.8 Å². The van der Waals surface area contributed by atoms with Gasteiger partial charge in [0.15, 0.2) is 22.8 Å². The van der Waals surface area contributed by atoms with E-state index in [1.165, 1.54) is 12.2 Å². The number of ether oxygens (including phenoxy) is 1. The number of unbranched alkanes of at least 4 members (excludes halogenated alkanes) is 1. The summed E-state index contributed by atoms with van der Waals surface area (Å²) in [4.78, 5) is 38.3. The largest absolute Gasteiger partial charge is 0.450 e. The van der Waals surface area contributed by atoms with Crippen LogP contribution in [0.4, 0.5) is 4.39 Å². The highest BCUT2D eigenvalue weighted by atomic mass is 35.5. The first-order chi connectivity index (χ1) is 15.9. The molecule has 7 heteroatoms. The van der Waals surface area contributed by atoms with Crippen LogP contribution in [-0.4, -0.2) is 45.9 Å². The van der Waals surface area contributed by atoms with E-state index in [0.717, 1.165) is 6.42 Å². The molecule has 3 fully saturated rings. The van der Waals surface area contributed by atoms with Crippen LogP contribution in [0, 0.1) is 28.6 Å². The number of esters is 1. The van der Waals surface area contributed by atoms with Crippen molar-refractivity contribution in [1.82, 2.24) is 0 Å². The van der Waals surface area contributed by atoms with Crippen molar-refractivity contribution in [3.8, 4) is 0 Å². The molecule has 0 aromatic heterocycles. The molecule has 0 saturated heterocycles. The van der Waals surface area contributed by atoms with Gasteiger partial charge >= 0.3 is 5.97 Å². The molecule has 0 amide bonds. The topological polar surface area (TPSA) is 80.7 Å². The summed E-state index contributed by atoms with van der Waals surface area (Å²) in [6, 6.07) is 0. The number of fused-ring (bicyclic) bond motifs is 5. The number of ketones is 2. The van der Waals surface area contributed by atoms with Crippen LogP contribution in [0.25, 0.3) is 0 Å². The van der Waals surface area contributed by atoms with Crippen LogP contribution in [-0.2, 0) is 19.1 Å². The van der Waals surface area contributed by atoms with Crippen molar-refractivity contribution in [2.75, 3.05) is 5.88 Å². The van der Waals surface area contributed by atoms with Gasteiger partial charge in [-0.05, 0) is 57.1 Å². The maximum atomic E-state index is 17.3. The Labute approximate surface area is 206 Å². The lowest BCUT2D eigenvalue weighted by molar-refractivity contribution is -0.227. The van der Waals surface area contributed by atoms with Crippen LogP contribution < -0.4 is 0 Å². The minimum absolute atomic E-state index is 0.0245. The van der Waals surface area contributed by atoms with E-state index in [-0.39, 0.29) is 42.1 Å². The third-order valence-electron chi connectivity index (χ3n) is 9.73. The Bertz CT molecular complexity index is 961. The van der Waals surface area contributed by atoms with Gasteiger partial charge in [-0.2, -0.15) is 0 Å². The summed E-state index contributed by atoms with van der Waals surface area (Å²) in [7, 11) is 0. The fourth-order valence-electron chi connectivity index (χ4n) is 8.05. The number of alkyl halides is 2. The Morgan fingerprint density at radius 1 is 1.29 bits per heavy atom. The van der Waals surface area contributed by atoms with E-state index >= 15 is 4.39 Å². The third-order valence-corrected chi connectivity index (χ3v) is 9.97. The Kier molecular flexibility index (Phi) is 6.42. The molecule has 34 heavy (non-hydrogen) atoms. The quantitative estimate of drug-likeness (QED) is 0.420. The lowest BCUT2D eigenvalue weighted by Crippen LogP contribution is -2.70. The molecule has 3 saturated carbocycles. The Morgan fingerprint density at radius 3 is 2.65 bits per heavy atom. The minimum Gasteiger partial charge on any atom is -0.450 e. The number of allylic oxidation sites excluding steroid dienone is 4. The van der Waals surface area contributed by atoms with Gasteiger partial charge in [0.25, 0.3) is 0 Å². The lowest BCUT2D eigenvalue weighted by Gasteiger charge is -2.62. The Morgan fingerprint density at radius 2 is 2.00 bits per heavy atom. The predicted molar refractivity (Wildman–Crippen MR) is 127 cm³/mol. The molecule has 0 bridgehead atoms. The van der Waals surface area contributed by atoms with Crippen molar-refractivity contribution in [3.63, 3.8) is 0 Å². The first kappa shape index (κ1) is 25.6. The lowest BCUT2D eigenvalue weighted by atomic mass is 9.44. The van der Waals surface area contributed by atoms with E-state index in [2.05, 4.69) is 0 Å². The van der Waals surface area contributed by atoms with Crippen LogP contribution in [0.3, 0.4) is 0 Å². The second-order valence-corrected chi connectivity index (χ2v) is 11.5. The zero-order valence-electron chi connectivity index (χ0n) is 20.5. The van der Waals surface area contributed by atoms with E-state index in [4.69, 9.17) is 16.3 Å². The van der Waals surface area contributed by atoms with Gasteiger partial charge in [0.2, 0.25) is 0 Å². The number of carbonyl (C=O) groups is 3. The fourth-order valence-corrected chi connectivity index (χ4v) is 8.25. The summed E-state index contributed by atoms with van der Waals surface area (Å²) >= 11 is 6.07. The molecule has 1 N–H and O–H groups in total. The summed E-state index contributed by atoms with van der Waals surface area (Å²) in [5.74, 6) is -2.50. The monoisotopic (exact) mass is 494 g/mol. The van der Waals surface area contributed by atoms with Crippen molar-refractivity contribution in [1.29, 1.82) is 0 Å². The van der Waals surface area contributed by atoms with Crippen molar-refractivity contribution >= 4 is 29.1 Å². The van der Waals surface area contributed by atoms with E-state index < -0.39 is 40.1 Å². The number of halogens is 2. The SMILES string of the molecule is CCCCC(=O)O[C@]1(C(=O)CCl)[C@@H](C)C[C@H]2[C@@H]3CCC4=CC(=O)C=C[C@]4(C)[C@@]3(F)[C@@H](O)C[C@@]21C. The van der Waals surface area contributed by atoms with Crippen LogP contribution in [0.15, 0.2) is 23.8 Å². The molecule has 0 aromatic carbocycles. The second-order valence-electron chi connectivity index (χ2n) is 11.3. The maximum Gasteiger partial charge on any atom is 0.306 e. The van der Waals surface area contributed by atoms with Gasteiger partial charge in [-0.15, -0.1) is 11.6 Å². The first-order valence-electron chi connectivity index (χ1n) is 12.5. The highest BCUT2D eigenvalue weighted by Crippen LogP contribution is 2.71. The van der Waals surface area contributed by atoms with Crippen molar-refractivity contribution in [3.05, 3.63) is 23.8 Å². The minimum atomic E-state index is -2.00. The molecule has 0 spiro atoms. The molecule has 8 atom stereocenters. The number of hydrogen-bond donors (Lipinski definition) is 1. The van der Waals surface area contributed by atoms with Gasteiger partial charge in [0.05, 0.1) is 12.0 Å². The van der Waals surface area contributed by atoms with Gasteiger partial charge in [-0.1, -0.05) is 38.8 Å². The number of hydrogen-bond acceptors (Lipinski definition) is 5. The van der Waals surface area contributed by atoms with Crippen LogP contribution in [0.2, 0.25) is 0 Å². The molecule has 188 valence electrons. The highest BCUT2D eigenvalue weighted by Gasteiger charge is 2.77. The summed E-state index contributed by atoms with van der Waals surface area (Å²) in [5, 5.41) is 11.5. The van der Waals surface area contributed by atoms with E-state index in [0.29, 0.717) is 31.3 Å². The number of aliphatic hydroxyl groups is 1. The number of carbonyl (C=O) groups excluding carboxylic acids is 3. The smallest absolute Gasteiger partial charge is 0.306 e. The van der Waals surface area contributed by atoms with Gasteiger partial charge in [-0.3, -0.25) is 14.4 Å². The standard InChI is InChI=1S/C27H36ClFO5/c1-5-6-7-23(33)34-27(22(32)15-28)16(2)12-20-19-9-8-17-13-18(30)10-11-24(17,3)26(19,29)21(31)14-25(20,27)4/h10-11,13,16,19-21,31H,5-9,12,14-15H2,1-4H3/t16-,19-,20-,21-,24-,25-,26-,27-/m0/s1. The highest BCUT2D eigenvalue weighted by molar-refractivity contribution is 6.29. The van der Waals surface area contributed by atoms with Gasteiger partial charge in [-0.25, -0.2) is 4.39 Å².